The number of hydrogen-bond donors (Lipinski definition) is 1. The van der Waals surface area contributed by atoms with Crippen molar-refractivity contribution < 1.29 is 14.2 Å². The first-order valence-corrected chi connectivity index (χ1v) is 8.30. The van der Waals surface area contributed by atoms with Gasteiger partial charge in [-0.15, -0.1) is 0 Å². The van der Waals surface area contributed by atoms with E-state index in [4.69, 9.17) is 16.3 Å². The second-order valence-electron chi connectivity index (χ2n) is 5.76. The Morgan fingerprint density at radius 2 is 1.69 bits per heavy atom. The smallest absolute Gasteiger partial charge is 0.227 e. The van der Waals surface area contributed by atoms with E-state index in [9.17, 15) is 9.50 Å². The summed E-state index contributed by atoms with van der Waals surface area (Å²) in [5.41, 5.74) is 1.45. The molecule has 5 heteroatoms. The van der Waals surface area contributed by atoms with Gasteiger partial charge in [0, 0.05) is 17.0 Å². The molecule has 0 aliphatic rings. The molecule has 128 valence electrons. The minimum Gasteiger partial charge on any atom is -0.506 e. The highest BCUT2D eigenvalue weighted by atomic mass is 35.5. The third-order valence-electron chi connectivity index (χ3n) is 3.98. The SMILES string of the molecule is Oc1ccc(Oc2nc(-c3ccc(F)cc3)cc3ccccc23)cc1Cl. The van der Waals surface area contributed by atoms with Crippen molar-refractivity contribution >= 4 is 22.4 Å². The molecule has 1 N–H and O–H groups in total. The summed E-state index contributed by atoms with van der Waals surface area (Å²) in [7, 11) is 0. The van der Waals surface area contributed by atoms with E-state index in [0.717, 1.165) is 16.3 Å². The number of halogens is 2. The van der Waals surface area contributed by atoms with Crippen molar-refractivity contribution in [1.82, 2.24) is 4.98 Å². The van der Waals surface area contributed by atoms with Gasteiger partial charge in [0.15, 0.2) is 0 Å². The van der Waals surface area contributed by atoms with Gasteiger partial charge in [-0.05, 0) is 53.9 Å². The molecule has 0 saturated heterocycles. The molecule has 26 heavy (non-hydrogen) atoms. The molecule has 0 unspecified atom stereocenters. The number of aromatic hydroxyl groups is 1. The summed E-state index contributed by atoms with van der Waals surface area (Å²) in [6.45, 7) is 0. The van der Waals surface area contributed by atoms with Crippen LogP contribution in [0.5, 0.6) is 17.4 Å². The Balaban J connectivity index is 1.84. The van der Waals surface area contributed by atoms with Crippen LogP contribution in [0.2, 0.25) is 5.02 Å². The average Bonchev–Trinajstić information content (AvgIpc) is 2.65. The van der Waals surface area contributed by atoms with E-state index < -0.39 is 0 Å². The molecule has 3 aromatic carbocycles. The number of fused-ring (bicyclic) bond motifs is 1. The number of rotatable bonds is 3. The van der Waals surface area contributed by atoms with E-state index >= 15 is 0 Å². The van der Waals surface area contributed by atoms with Gasteiger partial charge in [-0.25, -0.2) is 9.37 Å². The summed E-state index contributed by atoms with van der Waals surface area (Å²) in [5, 5.41) is 11.5. The lowest BCUT2D eigenvalue weighted by atomic mass is 10.1. The Bertz CT molecular complexity index is 1100. The van der Waals surface area contributed by atoms with Gasteiger partial charge in [-0.3, -0.25) is 0 Å². The lowest BCUT2D eigenvalue weighted by Crippen LogP contribution is -1.93. The van der Waals surface area contributed by atoms with Gasteiger partial charge in [0.25, 0.3) is 0 Å². The van der Waals surface area contributed by atoms with E-state index in [0.29, 0.717) is 17.3 Å². The maximum Gasteiger partial charge on any atom is 0.227 e. The van der Waals surface area contributed by atoms with Crippen molar-refractivity contribution in [3.8, 4) is 28.6 Å². The van der Waals surface area contributed by atoms with E-state index in [1.807, 2.05) is 30.3 Å². The van der Waals surface area contributed by atoms with Crippen molar-refractivity contribution in [2.75, 3.05) is 0 Å². The highest BCUT2D eigenvalue weighted by Gasteiger charge is 2.11. The second kappa shape index (κ2) is 6.65. The Morgan fingerprint density at radius 3 is 2.46 bits per heavy atom. The fourth-order valence-electron chi connectivity index (χ4n) is 2.68. The number of benzene rings is 3. The minimum absolute atomic E-state index is 0.0168. The molecule has 1 heterocycles. The zero-order chi connectivity index (χ0) is 18.1. The molecular weight excluding hydrogens is 353 g/mol. The van der Waals surface area contributed by atoms with Gasteiger partial charge in [-0.1, -0.05) is 29.8 Å². The van der Waals surface area contributed by atoms with Gasteiger partial charge < -0.3 is 9.84 Å². The first kappa shape index (κ1) is 16.4. The standard InChI is InChI=1S/C21H13ClFNO2/c22-18-12-16(9-10-20(18)25)26-21-17-4-2-1-3-14(17)11-19(24-21)13-5-7-15(23)8-6-13/h1-12,25H. The van der Waals surface area contributed by atoms with Crippen LogP contribution in [-0.4, -0.2) is 10.1 Å². The van der Waals surface area contributed by atoms with Crippen molar-refractivity contribution in [1.29, 1.82) is 0 Å². The van der Waals surface area contributed by atoms with Crippen LogP contribution in [0, 0.1) is 5.82 Å². The molecule has 4 aromatic rings. The largest absolute Gasteiger partial charge is 0.506 e. The number of nitrogens with zero attached hydrogens (tertiary/aromatic N) is 1. The third kappa shape index (κ3) is 3.19. The van der Waals surface area contributed by atoms with Crippen molar-refractivity contribution in [2.45, 2.75) is 0 Å². The zero-order valence-corrected chi connectivity index (χ0v) is 14.2. The van der Waals surface area contributed by atoms with Crippen LogP contribution >= 0.6 is 11.6 Å². The summed E-state index contributed by atoms with van der Waals surface area (Å²) in [6.07, 6.45) is 0. The van der Waals surface area contributed by atoms with Crippen LogP contribution < -0.4 is 4.74 Å². The van der Waals surface area contributed by atoms with E-state index in [1.165, 1.54) is 24.3 Å². The summed E-state index contributed by atoms with van der Waals surface area (Å²) in [5.74, 6) is 0.549. The monoisotopic (exact) mass is 365 g/mol. The van der Waals surface area contributed by atoms with Crippen LogP contribution in [0.4, 0.5) is 4.39 Å². The Kier molecular flexibility index (Phi) is 4.19. The van der Waals surface area contributed by atoms with Crippen molar-refractivity contribution in [3.63, 3.8) is 0 Å². The number of pyridine rings is 1. The van der Waals surface area contributed by atoms with Crippen LogP contribution in [0.1, 0.15) is 0 Å². The Hall–Kier alpha value is -3.11. The summed E-state index contributed by atoms with van der Waals surface area (Å²) >= 11 is 5.95. The van der Waals surface area contributed by atoms with E-state index in [-0.39, 0.29) is 16.6 Å². The summed E-state index contributed by atoms with van der Waals surface area (Å²) < 4.78 is 19.1. The number of hydrogen-bond acceptors (Lipinski definition) is 3. The number of phenolic OH excluding ortho intramolecular Hbond substituents is 1. The fourth-order valence-corrected chi connectivity index (χ4v) is 2.85. The van der Waals surface area contributed by atoms with Gasteiger partial charge in [0.2, 0.25) is 5.88 Å². The molecule has 4 rings (SSSR count). The van der Waals surface area contributed by atoms with Gasteiger partial charge in [-0.2, -0.15) is 0 Å². The molecule has 0 atom stereocenters. The first-order valence-electron chi connectivity index (χ1n) is 7.92. The second-order valence-corrected chi connectivity index (χ2v) is 6.16. The Labute approximate surface area is 154 Å². The summed E-state index contributed by atoms with van der Waals surface area (Å²) in [6, 6.07) is 20.4. The minimum atomic E-state index is -0.301. The predicted molar refractivity (Wildman–Crippen MR) is 100 cm³/mol. The highest BCUT2D eigenvalue weighted by Crippen LogP contribution is 2.34. The normalized spacial score (nSPS) is 10.8. The molecule has 1 aromatic heterocycles. The molecule has 0 aliphatic heterocycles. The van der Waals surface area contributed by atoms with Crippen molar-refractivity contribution in [3.05, 3.63) is 83.6 Å². The van der Waals surface area contributed by atoms with Crippen LogP contribution in [0.25, 0.3) is 22.0 Å². The maximum absolute atomic E-state index is 13.2. The highest BCUT2D eigenvalue weighted by molar-refractivity contribution is 6.32. The third-order valence-corrected chi connectivity index (χ3v) is 4.28. The molecule has 0 bridgehead atoms. The lowest BCUT2D eigenvalue weighted by Gasteiger charge is -2.11. The van der Waals surface area contributed by atoms with Gasteiger partial charge >= 0.3 is 0 Å². The quantitative estimate of drug-likeness (QED) is 0.470. The first-order chi connectivity index (χ1) is 12.6. The lowest BCUT2D eigenvalue weighted by molar-refractivity contribution is 0.458. The van der Waals surface area contributed by atoms with Crippen LogP contribution in [0.15, 0.2) is 72.8 Å². The average molecular weight is 366 g/mol. The molecule has 0 saturated carbocycles. The van der Waals surface area contributed by atoms with Crippen LogP contribution in [-0.2, 0) is 0 Å². The van der Waals surface area contributed by atoms with E-state index in [1.54, 1.807) is 18.2 Å². The molecule has 0 radical (unpaired) electrons. The fraction of sp³-hybridized carbons (Fsp3) is 0. The topological polar surface area (TPSA) is 42.4 Å². The molecule has 0 amide bonds. The Morgan fingerprint density at radius 1 is 0.923 bits per heavy atom. The molecular formula is C21H13ClFNO2. The number of phenols is 1. The number of ether oxygens (including phenoxy) is 1. The molecule has 0 fully saturated rings. The van der Waals surface area contributed by atoms with Crippen LogP contribution in [0.3, 0.4) is 0 Å². The van der Waals surface area contributed by atoms with Gasteiger partial charge in [0.1, 0.15) is 17.3 Å². The predicted octanol–water partition coefficient (Wildman–Crippen LogP) is 6.19. The maximum atomic E-state index is 13.2. The van der Waals surface area contributed by atoms with Gasteiger partial charge in [0.05, 0.1) is 10.7 Å². The number of aromatic nitrogens is 1. The zero-order valence-electron chi connectivity index (χ0n) is 13.5. The van der Waals surface area contributed by atoms with Crippen molar-refractivity contribution in [2.24, 2.45) is 0 Å². The summed E-state index contributed by atoms with van der Waals surface area (Å²) in [4.78, 5) is 4.60. The van der Waals surface area contributed by atoms with E-state index in [2.05, 4.69) is 4.98 Å². The molecule has 0 spiro atoms. The molecule has 0 aliphatic carbocycles. The molecule has 3 nitrogen and oxygen atoms in total.